The quantitative estimate of drug-likeness (QED) is 0.387. The molecule has 5 rings (SSSR count). The largest absolute Gasteiger partial charge is 0.497 e. The second-order valence-electron chi connectivity index (χ2n) is 6.84. The molecule has 0 saturated carbocycles. The summed E-state index contributed by atoms with van der Waals surface area (Å²) in [5, 5.41) is 7.93. The van der Waals surface area contributed by atoms with Crippen LogP contribution < -0.4 is 4.74 Å². The van der Waals surface area contributed by atoms with E-state index in [1.807, 2.05) is 18.2 Å². The second-order valence-corrected chi connectivity index (χ2v) is 6.84. The number of ether oxygens (including phenoxy) is 1. The van der Waals surface area contributed by atoms with E-state index in [1.54, 1.807) is 36.4 Å². The van der Waals surface area contributed by atoms with E-state index in [2.05, 4.69) is 20.2 Å². The molecule has 0 saturated heterocycles. The standard InChI is InChI=1S/C22H14F3N5O2/c1-31-15-9-7-13(8-10-15)16-11-18(22(23,24)25)30-19(26-16)12-17(28-30)21-27-20(29-32-21)14-5-3-2-4-6-14/h2-12H,1H3. The van der Waals surface area contributed by atoms with Crippen LogP contribution >= 0.6 is 0 Å². The van der Waals surface area contributed by atoms with Gasteiger partial charge < -0.3 is 9.26 Å². The van der Waals surface area contributed by atoms with Crippen LogP contribution in [0.25, 0.3) is 39.9 Å². The molecule has 0 aliphatic heterocycles. The molecular weight excluding hydrogens is 423 g/mol. The highest BCUT2D eigenvalue weighted by atomic mass is 19.4. The molecule has 3 heterocycles. The Kier molecular flexibility index (Phi) is 4.62. The summed E-state index contributed by atoms with van der Waals surface area (Å²) in [5.74, 6) is 0.886. The molecule has 0 aliphatic carbocycles. The lowest BCUT2D eigenvalue weighted by atomic mass is 10.1. The SMILES string of the molecule is COc1ccc(-c2cc(C(F)(F)F)n3nc(-c4nc(-c5ccccc5)no4)cc3n2)cc1. The van der Waals surface area contributed by atoms with E-state index in [-0.39, 0.29) is 22.9 Å². The Bertz CT molecular complexity index is 1390. The van der Waals surface area contributed by atoms with Gasteiger partial charge in [0.2, 0.25) is 5.82 Å². The van der Waals surface area contributed by atoms with E-state index in [0.29, 0.717) is 22.7 Å². The van der Waals surface area contributed by atoms with E-state index < -0.39 is 11.9 Å². The van der Waals surface area contributed by atoms with Gasteiger partial charge in [-0.1, -0.05) is 35.5 Å². The van der Waals surface area contributed by atoms with E-state index in [1.165, 1.54) is 13.2 Å². The first-order chi connectivity index (χ1) is 15.4. The minimum atomic E-state index is -4.66. The van der Waals surface area contributed by atoms with Crippen molar-refractivity contribution in [2.45, 2.75) is 6.18 Å². The van der Waals surface area contributed by atoms with Gasteiger partial charge in [-0.2, -0.15) is 23.3 Å². The number of fused-ring (bicyclic) bond motifs is 1. The van der Waals surface area contributed by atoms with Crippen molar-refractivity contribution in [1.82, 2.24) is 24.7 Å². The van der Waals surface area contributed by atoms with Gasteiger partial charge in [-0.15, -0.1) is 0 Å². The van der Waals surface area contributed by atoms with E-state index in [4.69, 9.17) is 9.26 Å². The number of nitrogens with zero attached hydrogens (tertiary/aromatic N) is 5. The number of methoxy groups -OCH3 is 1. The summed E-state index contributed by atoms with van der Waals surface area (Å²) in [5.41, 5.74) is 0.481. The monoisotopic (exact) mass is 437 g/mol. The zero-order chi connectivity index (χ0) is 22.3. The normalized spacial score (nSPS) is 11.8. The average Bonchev–Trinajstić information content (AvgIpc) is 3.45. The molecule has 3 aromatic heterocycles. The number of alkyl halides is 3. The molecule has 0 fully saturated rings. The maximum Gasteiger partial charge on any atom is 0.433 e. The van der Waals surface area contributed by atoms with Gasteiger partial charge in [0.25, 0.3) is 5.89 Å². The first-order valence-corrected chi connectivity index (χ1v) is 9.44. The fourth-order valence-corrected chi connectivity index (χ4v) is 3.22. The lowest BCUT2D eigenvalue weighted by Gasteiger charge is -2.11. The van der Waals surface area contributed by atoms with Crippen LogP contribution in [0.5, 0.6) is 5.75 Å². The third-order valence-corrected chi connectivity index (χ3v) is 4.78. The first-order valence-electron chi connectivity index (χ1n) is 9.44. The molecule has 0 atom stereocenters. The Morgan fingerprint density at radius 1 is 0.875 bits per heavy atom. The van der Waals surface area contributed by atoms with Gasteiger partial charge in [-0.3, -0.25) is 0 Å². The predicted octanol–water partition coefficient (Wildman–Crippen LogP) is 5.14. The molecule has 0 radical (unpaired) electrons. The molecule has 10 heteroatoms. The molecule has 0 N–H and O–H groups in total. The van der Waals surface area contributed by atoms with E-state index >= 15 is 0 Å². The van der Waals surface area contributed by atoms with Crippen LogP contribution in [0.1, 0.15) is 5.69 Å². The smallest absolute Gasteiger partial charge is 0.433 e. The molecule has 0 unspecified atom stereocenters. The summed E-state index contributed by atoms with van der Waals surface area (Å²) in [6, 6.07) is 18.0. The van der Waals surface area contributed by atoms with Crippen molar-refractivity contribution in [3.63, 3.8) is 0 Å². The summed E-state index contributed by atoms with van der Waals surface area (Å²) < 4.78 is 52.5. The van der Waals surface area contributed by atoms with Crippen molar-refractivity contribution in [2.75, 3.05) is 7.11 Å². The van der Waals surface area contributed by atoms with Gasteiger partial charge in [0.1, 0.15) is 5.75 Å². The van der Waals surface area contributed by atoms with Crippen molar-refractivity contribution >= 4 is 5.65 Å². The molecule has 0 spiro atoms. The molecule has 32 heavy (non-hydrogen) atoms. The Hall–Kier alpha value is -4.21. The van der Waals surface area contributed by atoms with Crippen LogP contribution in [-0.2, 0) is 6.18 Å². The highest BCUT2D eigenvalue weighted by Gasteiger charge is 2.35. The number of hydrogen-bond donors (Lipinski definition) is 0. The van der Waals surface area contributed by atoms with Crippen molar-refractivity contribution in [2.24, 2.45) is 0 Å². The Morgan fingerprint density at radius 3 is 2.31 bits per heavy atom. The van der Waals surface area contributed by atoms with E-state index in [0.717, 1.165) is 10.6 Å². The van der Waals surface area contributed by atoms with Crippen LogP contribution in [0.4, 0.5) is 13.2 Å². The minimum Gasteiger partial charge on any atom is -0.497 e. The summed E-state index contributed by atoms with van der Waals surface area (Å²) in [4.78, 5) is 8.62. The molecule has 0 aliphatic rings. The molecule has 0 bridgehead atoms. The number of aromatic nitrogens is 5. The van der Waals surface area contributed by atoms with Gasteiger partial charge in [-0.05, 0) is 30.3 Å². The molecule has 2 aromatic carbocycles. The first kappa shape index (κ1) is 19.7. The zero-order valence-electron chi connectivity index (χ0n) is 16.5. The van der Waals surface area contributed by atoms with Crippen LogP contribution in [0.2, 0.25) is 0 Å². The Labute approximate surface area is 179 Å². The third-order valence-electron chi connectivity index (χ3n) is 4.78. The topological polar surface area (TPSA) is 78.3 Å². The lowest BCUT2D eigenvalue weighted by molar-refractivity contribution is -0.142. The highest BCUT2D eigenvalue weighted by Crippen LogP contribution is 2.33. The number of rotatable bonds is 4. The molecule has 5 aromatic rings. The van der Waals surface area contributed by atoms with Gasteiger partial charge >= 0.3 is 6.18 Å². The van der Waals surface area contributed by atoms with Gasteiger partial charge in [-0.25, -0.2) is 9.50 Å². The average molecular weight is 437 g/mol. The van der Waals surface area contributed by atoms with Crippen LogP contribution in [0.3, 0.4) is 0 Å². The van der Waals surface area contributed by atoms with Gasteiger partial charge in [0.15, 0.2) is 17.0 Å². The Balaban J connectivity index is 1.62. The number of halogens is 3. The molecule has 0 amide bonds. The van der Waals surface area contributed by atoms with Crippen molar-refractivity contribution in [1.29, 1.82) is 0 Å². The predicted molar refractivity (Wildman–Crippen MR) is 109 cm³/mol. The van der Waals surface area contributed by atoms with Gasteiger partial charge in [0.05, 0.1) is 12.8 Å². The van der Waals surface area contributed by atoms with Crippen molar-refractivity contribution in [3.8, 4) is 40.0 Å². The van der Waals surface area contributed by atoms with Crippen LogP contribution in [0, 0.1) is 0 Å². The van der Waals surface area contributed by atoms with Crippen molar-refractivity contribution in [3.05, 3.63) is 72.4 Å². The maximum absolute atomic E-state index is 13.8. The number of benzene rings is 2. The number of hydrogen-bond acceptors (Lipinski definition) is 6. The Morgan fingerprint density at radius 2 is 1.62 bits per heavy atom. The third kappa shape index (κ3) is 3.55. The summed E-state index contributed by atoms with van der Waals surface area (Å²) in [6.45, 7) is 0. The lowest BCUT2D eigenvalue weighted by Crippen LogP contribution is -2.13. The molecular formula is C22H14F3N5O2. The summed E-state index contributed by atoms with van der Waals surface area (Å²) >= 11 is 0. The van der Waals surface area contributed by atoms with Gasteiger partial charge in [0, 0.05) is 17.2 Å². The minimum absolute atomic E-state index is 0.0000965. The highest BCUT2D eigenvalue weighted by molar-refractivity contribution is 5.66. The van der Waals surface area contributed by atoms with E-state index in [9.17, 15) is 13.2 Å². The maximum atomic E-state index is 13.8. The zero-order valence-corrected chi connectivity index (χ0v) is 16.5. The summed E-state index contributed by atoms with van der Waals surface area (Å²) in [7, 11) is 1.51. The van der Waals surface area contributed by atoms with Crippen molar-refractivity contribution < 1.29 is 22.4 Å². The van der Waals surface area contributed by atoms with Crippen LogP contribution in [-0.4, -0.2) is 31.8 Å². The van der Waals surface area contributed by atoms with Crippen LogP contribution in [0.15, 0.2) is 71.3 Å². The fraction of sp³-hybridized carbons (Fsp3) is 0.0909. The fourth-order valence-electron chi connectivity index (χ4n) is 3.22. The molecule has 160 valence electrons. The second kappa shape index (κ2) is 7.49. The molecule has 7 nitrogen and oxygen atoms in total. The summed E-state index contributed by atoms with van der Waals surface area (Å²) in [6.07, 6.45) is -4.66.